The highest BCUT2D eigenvalue weighted by atomic mass is 16.4. The Labute approximate surface area is 120 Å². The zero-order valence-electron chi connectivity index (χ0n) is 12.1. The average Bonchev–Trinajstić information content (AvgIpc) is 2.38. The first-order valence-electron chi connectivity index (χ1n) is 8.13. The van der Waals surface area contributed by atoms with E-state index >= 15 is 0 Å². The number of nitrogens with zero attached hydrogens (tertiary/aromatic N) is 1. The Morgan fingerprint density at radius 3 is 2.00 bits per heavy atom. The molecule has 1 amide bonds. The van der Waals surface area contributed by atoms with Crippen molar-refractivity contribution in [2.75, 3.05) is 13.1 Å². The molecule has 112 valence electrons. The molecule has 0 bridgehead atoms. The number of carbonyl (C=O) groups excluding carboxylic acids is 1. The predicted molar refractivity (Wildman–Crippen MR) is 75.2 cm³/mol. The molecule has 3 rings (SSSR count). The minimum atomic E-state index is -0.796. The van der Waals surface area contributed by atoms with Gasteiger partial charge in [0.1, 0.15) is 0 Å². The smallest absolute Gasteiger partial charge is 0.307 e. The van der Waals surface area contributed by atoms with Crippen LogP contribution in [0.25, 0.3) is 0 Å². The van der Waals surface area contributed by atoms with Gasteiger partial charge in [-0.1, -0.05) is 19.3 Å². The Hall–Kier alpha value is -1.06. The molecule has 20 heavy (non-hydrogen) atoms. The van der Waals surface area contributed by atoms with Crippen LogP contribution in [0.1, 0.15) is 57.8 Å². The lowest BCUT2D eigenvalue weighted by Gasteiger charge is -2.46. The average molecular weight is 279 g/mol. The third-order valence-corrected chi connectivity index (χ3v) is 5.96. The molecule has 0 radical (unpaired) electrons. The van der Waals surface area contributed by atoms with Gasteiger partial charge in [-0.2, -0.15) is 0 Å². The predicted octanol–water partition coefficient (Wildman–Crippen LogP) is 2.67. The third kappa shape index (κ3) is 2.45. The van der Waals surface area contributed by atoms with E-state index in [1.165, 1.54) is 32.1 Å². The zero-order chi connectivity index (χ0) is 14.2. The van der Waals surface area contributed by atoms with Crippen molar-refractivity contribution in [1.82, 2.24) is 4.90 Å². The maximum absolute atomic E-state index is 12.4. The number of amides is 1. The number of likely N-dealkylation sites (tertiary alicyclic amines) is 1. The standard InChI is InChI=1S/C16H25NO3/c18-14(12-4-5-13(12)15(19)20)17-10-8-16(9-11-17)6-2-1-3-7-16/h12-13H,1-11H2,(H,19,20). The quantitative estimate of drug-likeness (QED) is 0.845. The molecule has 2 unspecified atom stereocenters. The molecular formula is C16H25NO3. The number of hydrogen-bond acceptors (Lipinski definition) is 2. The van der Waals surface area contributed by atoms with E-state index in [4.69, 9.17) is 5.11 Å². The van der Waals surface area contributed by atoms with Gasteiger partial charge in [0.05, 0.1) is 11.8 Å². The van der Waals surface area contributed by atoms with Gasteiger partial charge < -0.3 is 10.0 Å². The summed E-state index contributed by atoms with van der Waals surface area (Å²) >= 11 is 0. The van der Waals surface area contributed by atoms with Crippen LogP contribution in [0.4, 0.5) is 0 Å². The Morgan fingerprint density at radius 2 is 1.50 bits per heavy atom. The number of carbonyl (C=O) groups is 2. The Kier molecular flexibility index (Phi) is 3.74. The fraction of sp³-hybridized carbons (Fsp3) is 0.875. The largest absolute Gasteiger partial charge is 0.481 e. The maximum Gasteiger partial charge on any atom is 0.307 e. The second-order valence-electron chi connectivity index (χ2n) is 7.01. The van der Waals surface area contributed by atoms with Crippen molar-refractivity contribution < 1.29 is 14.7 Å². The molecule has 2 saturated carbocycles. The molecule has 2 atom stereocenters. The molecule has 2 aliphatic carbocycles. The molecule has 1 heterocycles. The number of carboxylic acids is 1. The highest BCUT2D eigenvalue weighted by Crippen LogP contribution is 2.45. The van der Waals surface area contributed by atoms with Gasteiger partial charge in [0.2, 0.25) is 5.91 Å². The number of hydrogen-bond donors (Lipinski definition) is 1. The van der Waals surface area contributed by atoms with Gasteiger partial charge in [0, 0.05) is 13.1 Å². The van der Waals surface area contributed by atoms with Crippen LogP contribution in [0, 0.1) is 17.3 Å². The normalized spacial score (nSPS) is 32.7. The molecular weight excluding hydrogens is 254 g/mol. The Bertz CT molecular complexity index is 391. The summed E-state index contributed by atoms with van der Waals surface area (Å²) in [6.07, 6.45) is 10.4. The number of aliphatic carboxylic acids is 1. The second kappa shape index (κ2) is 5.38. The first-order valence-corrected chi connectivity index (χ1v) is 8.13. The lowest BCUT2D eigenvalue weighted by atomic mass is 9.67. The number of rotatable bonds is 2. The first-order chi connectivity index (χ1) is 9.61. The van der Waals surface area contributed by atoms with Gasteiger partial charge in [0.15, 0.2) is 0 Å². The minimum absolute atomic E-state index is 0.106. The van der Waals surface area contributed by atoms with E-state index in [1.54, 1.807) is 0 Å². The van der Waals surface area contributed by atoms with Crippen LogP contribution in [-0.4, -0.2) is 35.0 Å². The molecule has 0 aromatic carbocycles. The molecule has 3 fully saturated rings. The van der Waals surface area contributed by atoms with Crippen LogP contribution in [0.15, 0.2) is 0 Å². The lowest BCUT2D eigenvalue weighted by molar-refractivity contribution is -0.157. The van der Waals surface area contributed by atoms with E-state index in [-0.39, 0.29) is 11.8 Å². The fourth-order valence-electron chi connectivity index (χ4n) is 4.33. The van der Waals surface area contributed by atoms with Crippen LogP contribution in [0.3, 0.4) is 0 Å². The van der Waals surface area contributed by atoms with Crippen molar-refractivity contribution in [3.05, 3.63) is 0 Å². The summed E-state index contributed by atoms with van der Waals surface area (Å²) in [7, 11) is 0. The van der Waals surface area contributed by atoms with E-state index in [1.807, 2.05) is 4.90 Å². The van der Waals surface area contributed by atoms with Crippen LogP contribution < -0.4 is 0 Å². The fourth-order valence-corrected chi connectivity index (χ4v) is 4.33. The van der Waals surface area contributed by atoms with Crippen molar-refractivity contribution in [2.45, 2.75) is 57.8 Å². The highest BCUT2D eigenvalue weighted by Gasteiger charge is 2.45. The summed E-state index contributed by atoms with van der Waals surface area (Å²) in [5, 5.41) is 9.08. The van der Waals surface area contributed by atoms with E-state index in [9.17, 15) is 9.59 Å². The van der Waals surface area contributed by atoms with Gasteiger partial charge in [-0.25, -0.2) is 0 Å². The van der Waals surface area contributed by atoms with Gasteiger partial charge >= 0.3 is 5.97 Å². The minimum Gasteiger partial charge on any atom is -0.481 e. The van der Waals surface area contributed by atoms with Crippen molar-refractivity contribution >= 4 is 11.9 Å². The van der Waals surface area contributed by atoms with Gasteiger partial charge in [0.25, 0.3) is 0 Å². The molecule has 1 saturated heterocycles. The van der Waals surface area contributed by atoms with Gasteiger partial charge in [-0.05, 0) is 43.9 Å². The van der Waals surface area contributed by atoms with E-state index in [2.05, 4.69) is 0 Å². The zero-order valence-corrected chi connectivity index (χ0v) is 12.1. The second-order valence-corrected chi connectivity index (χ2v) is 7.01. The van der Waals surface area contributed by atoms with E-state index < -0.39 is 11.9 Å². The van der Waals surface area contributed by atoms with Gasteiger partial charge in [-0.15, -0.1) is 0 Å². The van der Waals surface area contributed by atoms with Crippen molar-refractivity contribution in [3.63, 3.8) is 0 Å². The summed E-state index contributed by atoms with van der Waals surface area (Å²) < 4.78 is 0. The summed E-state index contributed by atoms with van der Waals surface area (Å²) in [6, 6.07) is 0. The van der Waals surface area contributed by atoms with E-state index in [0.717, 1.165) is 32.4 Å². The number of piperidine rings is 1. The number of carboxylic acid groups (broad SMARTS) is 1. The monoisotopic (exact) mass is 279 g/mol. The van der Waals surface area contributed by atoms with Gasteiger partial charge in [-0.3, -0.25) is 9.59 Å². The Balaban J connectivity index is 1.55. The van der Waals surface area contributed by atoms with Crippen LogP contribution in [0.2, 0.25) is 0 Å². The van der Waals surface area contributed by atoms with Crippen LogP contribution in [-0.2, 0) is 9.59 Å². The maximum atomic E-state index is 12.4. The van der Waals surface area contributed by atoms with E-state index in [0.29, 0.717) is 11.8 Å². The third-order valence-electron chi connectivity index (χ3n) is 5.96. The molecule has 1 aliphatic heterocycles. The Morgan fingerprint density at radius 1 is 0.900 bits per heavy atom. The van der Waals surface area contributed by atoms with Crippen molar-refractivity contribution in [3.8, 4) is 0 Å². The molecule has 4 nitrogen and oxygen atoms in total. The van der Waals surface area contributed by atoms with Crippen molar-refractivity contribution in [1.29, 1.82) is 0 Å². The van der Waals surface area contributed by atoms with Crippen LogP contribution >= 0.6 is 0 Å². The van der Waals surface area contributed by atoms with Crippen molar-refractivity contribution in [2.24, 2.45) is 17.3 Å². The topological polar surface area (TPSA) is 57.6 Å². The molecule has 1 N–H and O–H groups in total. The molecule has 3 aliphatic rings. The summed E-state index contributed by atoms with van der Waals surface area (Å²) in [5.41, 5.74) is 0.501. The lowest BCUT2D eigenvalue weighted by Crippen LogP contribution is -2.50. The summed E-state index contributed by atoms with van der Waals surface area (Å²) in [4.78, 5) is 25.4. The molecule has 4 heteroatoms. The first kappa shape index (κ1) is 13.9. The molecule has 0 aromatic rings. The van der Waals surface area contributed by atoms with Crippen LogP contribution in [0.5, 0.6) is 0 Å². The highest BCUT2D eigenvalue weighted by molar-refractivity contribution is 5.86. The molecule has 1 spiro atoms. The molecule has 0 aromatic heterocycles. The SMILES string of the molecule is O=C(O)C1CCC1C(=O)N1CCC2(CCCCC2)CC1. The summed E-state index contributed by atoms with van der Waals surface area (Å²) in [6.45, 7) is 1.70. The summed E-state index contributed by atoms with van der Waals surface area (Å²) in [5.74, 6) is -1.36.